The van der Waals surface area contributed by atoms with Crippen molar-refractivity contribution >= 4 is 29.1 Å². The molecule has 0 aliphatic rings. The number of benzene rings is 2. The summed E-state index contributed by atoms with van der Waals surface area (Å²) in [4.78, 5) is 0. The van der Waals surface area contributed by atoms with Gasteiger partial charge in [-0.25, -0.2) is 4.39 Å². The highest BCUT2D eigenvalue weighted by Crippen LogP contribution is 2.16. The lowest BCUT2D eigenvalue weighted by atomic mass is 10.2. The van der Waals surface area contributed by atoms with Crippen LogP contribution in [0.2, 0.25) is 5.02 Å². The fourth-order valence-corrected chi connectivity index (χ4v) is 2.58. The number of hydrogen-bond donors (Lipinski definition) is 1. The van der Waals surface area contributed by atoms with E-state index in [9.17, 15) is 4.39 Å². The van der Waals surface area contributed by atoms with E-state index in [0.717, 1.165) is 23.1 Å². The van der Waals surface area contributed by atoms with E-state index >= 15 is 0 Å². The first-order valence-corrected chi connectivity index (χ1v) is 7.59. The van der Waals surface area contributed by atoms with Gasteiger partial charge in [0.1, 0.15) is 5.82 Å². The summed E-state index contributed by atoms with van der Waals surface area (Å²) in [7, 11) is 0. The molecule has 2 rings (SSSR count). The standard InChI is InChI=1S/C15H15ClFNS/c16-13-7-5-12(6-8-13)11-19-10-9-18-15-4-2-1-3-14(15)17/h1-8,18H,9-11H2. The average molecular weight is 296 g/mol. The molecule has 100 valence electrons. The zero-order valence-electron chi connectivity index (χ0n) is 10.4. The van der Waals surface area contributed by atoms with E-state index < -0.39 is 0 Å². The number of anilines is 1. The summed E-state index contributed by atoms with van der Waals surface area (Å²) in [5.74, 6) is 1.66. The van der Waals surface area contributed by atoms with Crippen LogP contribution in [0.15, 0.2) is 48.5 Å². The summed E-state index contributed by atoms with van der Waals surface area (Å²) < 4.78 is 13.3. The van der Waals surface area contributed by atoms with Gasteiger partial charge in [0.05, 0.1) is 5.69 Å². The van der Waals surface area contributed by atoms with Gasteiger partial charge >= 0.3 is 0 Å². The Balaban J connectivity index is 1.67. The summed E-state index contributed by atoms with van der Waals surface area (Å²) in [6.45, 7) is 0.749. The molecule has 2 aromatic rings. The Morgan fingerprint density at radius 2 is 1.79 bits per heavy atom. The third kappa shape index (κ3) is 4.77. The molecule has 4 heteroatoms. The van der Waals surface area contributed by atoms with E-state index in [4.69, 9.17) is 11.6 Å². The molecule has 0 saturated carbocycles. The van der Waals surface area contributed by atoms with E-state index in [-0.39, 0.29) is 5.82 Å². The fourth-order valence-electron chi connectivity index (χ4n) is 1.63. The molecule has 0 aliphatic heterocycles. The number of rotatable bonds is 6. The summed E-state index contributed by atoms with van der Waals surface area (Å²) in [6.07, 6.45) is 0. The Kier molecular flexibility index (Phi) is 5.55. The van der Waals surface area contributed by atoms with Crippen molar-refractivity contribution < 1.29 is 4.39 Å². The van der Waals surface area contributed by atoms with Crippen LogP contribution in [-0.2, 0) is 5.75 Å². The zero-order chi connectivity index (χ0) is 13.5. The molecule has 0 spiro atoms. The normalized spacial score (nSPS) is 10.4. The van der Waals surface area contributed by atoms with Crippen molar-refractivity contribution in [1.29, 1.82) is 0 Å². The predicted octanol–water partition coefficient (Wildman–Crippen LogP) is 4.82. The van der Waals surface area contributed by atoms with Gasteiger partial charge in [0.15, 0.2) is 0 Å². The number of hydrogen-bond acceptors (Lipinski definition) is 2. The Hall–Kier alpha value is -1.19. The van der Waals surface area contributed by atoms with Crippen LogP contribution in [-0.4, -0.2) is 12.3 Å². The first-order chi connectivity index (χ1) is 9.25. The Morgan fingerprint density at radius 3 is 2.53 bits per heavy atom. The molecule has 0 unspecified atom stereocenters. The van der Waals surface area contributed by atoms with Crippen LogP contribution in [0.5, 0.6) is 0 Å². The first-order valence-electron chi connectivity index (χ1n) is 6.06. The molecule has 0 fully saturated rings. The van der Waals surface area contributed by atoms with Gasteiger partial charge in [-0.05, 0) is 29.8 Å². The van der Waals surface area contributed by atoms with Crippen molar-refractivity contribution in [2.75, 3.05) is 17.6 Å². The monoisotopic (exact) mass is 295 g/mol. The first kappa shape index (κ1) is 14.2. The van der Waals surface area contributed by atoms with Gasteiger partial charge in [0.2, 0.25) is 0 Å². The molecule has 0 aromatic heterocycles. The highest BCUT2D eigenvalue weighted by Gasteiger charge is 1.99. The molecule has 1 N–H and O–H groups in total. The van der Waals surface area contributed by atoms with Crippen LogP contribution >= 0.6 is 23.4 Å². The van der Waals surface area contributed by atoms with Crippen molar-refractivity contribution in [3.8, 4) is 0 Å². The van der Waals surface area contributed by atoms with Crippen molar-refractivity contribution in [2.45, 2.75) is 5.75 Å². The van der Waals surface area contributed by atoms with E-state index in [1.165, 1.54) is 11.6 Å². The number of thioether (sulfide) groups is 1. The largest absolute Gasteiger partial charge is 0.382 e. The lowest BCUT2D eigenvalue weighted by molar-refractivity contribution is 0.630. The van der Waals surface area contributed by atoms with Gasteiger partial charge in [-0.15, -0.1) is 0 Å². The number of nitrogens with one attached hydrogen (secondary N) is 1. The van der Waals surface area contributed by atoms with E-state index in [0.29, 0.717) is 5.69 Å². The molecule has 19 heavy (non-hydrogen) atoms. The molecule has 0 heterocycles. The molecule has 0 saturated heterocycles. The molecular weight excluding hydrogens is 281 g/mol. The fraction of sp³-hybridized carbons (Fsp3) is 0.200. The number of para-hydroxylation sites is 1. The molecule has 1 nitrogen and oxygen atoms in total. The molecule has 0 radical (unpaired) electrons. The van der Waals surface area contributed by atoms with Crippen molar-refractivity contribution in [1.82, 2.24) is 0 Å². The molecule has 0 atom stereocenters. The minimum atomic E-state index is -0.204. The molecule has 2 aromatic carbocycles. The maximum atomic E-state index is 13.3. The van der Waals surface area contributed by atoms with Gasteiger partial charge in [-0.3, -0.25) is 0 Å². The highest BCUT2D eigenvalue weighted by atomic mass is 35.5. The van der Waals surface area contributed by atoms with Crippen LogP contribution in [0.4, 0.5) is 10.1 Å². The van der Waals surface area contributed by atoms with Crippen LogP contribution in [0.25, 0.3) is 0 Å². The molecule has 0 aliphatic carbocycles. The Labute approximate surface area is 122 Å². The maximum Gasteiger partial charge on any atom is 0.146 e. The quantitative estimate of drug-likeness (QED) is 0.767. The summed E-state index contributed by atoms with van der Waals surface area (Å²) in [5, 5.41) is 3.85. The second-order valence-electron chi connectivity index (χ2n) is 4.09. The van der Waals surface area contributed by atoms with Crippen molar-refractivity contribution in [3.05, 3.63) is 64.9 Å². The van der Waals surface area contributed by atoms with E-state index in [1.54, 1.807) is 12.1 Å². The second kappa shape index (κ2) is 7.41. The number of halogens is 2. The van der Waals surface area contributed by atoms with Gasteiger partial charge < -0.3 is 5.32 Å². The van der Waals surface area contributed by atoms with E-state index in [2.05, 4.69) is 5.32 Å². The van der Waals surface area contributed by atoms with Crippen molar-refractivity contribution in [3.63, 3.8) is 0 Å². The van der Waals surface area contributed by atoms with Crippen molar-refractivity contribution in [2.24, 2.45) is 0 Å². The molecular formula is C15H15ClFNS. The maximum absolute atomic E-state index is 13.3. The Bertz CT molecular complexity index is 516. The topological polar surface area (TPSA) is 12.0 Å². The zero-order valence-corrected chi connectivity index (χ0v) is 12.0. The smallest absolute Gasteiger partial charge is 0.146 e. The van der Waals surface area contributed by atoms with Gasteiger partial charge in [0.25, 0.3) is 0 Å². The summed E-state index contributed by atoms with van der Waals surface area (Å²) in [6, 6.07) is 14.6. The minimum Gasteiger partial charge on any atom is -0.382 e. The van der Waals surface area contributed by atoms with Crippen LogP contribution in [0, 0.1) is 5.82 Å². The van der Waals surface area contributed by atoms with Gasteiger partial charge in [-0.1, -0.05) is 35.9 Å². The Morgan fingerprint density at radius 1 is 1.05 bits per heavy atom. The SMILES string of the molecule is Fc1ccccc1NCCSCc1ccc(Cl)cc1. The lowest BCUT2D eigenvalue weighted by Crippen LogP contribution is -2.05. The minimum absolute atomic E-state index is 0.204. The van der Waals surface area contributed by atoms with Gasteiger partial charge in [0, 0.05) is 23.1 Å². The second-order valence-corrected chi connectivity index (χ2v) is 5.63. The van der Waals surface area contributed by atoms with Crippen LogP contribution in [0.3, 0.4) is 0 Å². The average Bonchev–Trinajstić information content (AvgIpc) is 2.42. The lowest BCUT2D eigenvalue weighted by Gasteiger charge is -2.07. The van der Waals surface area contributed by atoms with Crippen LogP contribution < -0.4 is 5.32 Å². The highest BCUT2D eigenvalue weighted by molar-refractivity contribution is 7.98. The predicted molar refractivity (Wildman–Crippen MR) is 82.5 cm³/mol. The van der Waals surface area contributed by atoms with Gasteiger partial charge in [-0.2, -0.15) is 11.8 Å². The third-order valence-electron chi connectivity index (χ3n) is 2.62. The van der Waals surface area contributed by atoms with Crippen LogP contribution in [0.1, 0.15) is 5.56 Å². The third-order valence-corrected chi connectivity index (χ3v) is 3.90. The molecule has 0 bridgehead atoms. The summed E-state index contributed by atoms with van der Waals surface area (Å²) in [5.41, 5.74) is 1.81. The molecule has 0 amide bonds. The van der Waals surface area contributed by atoms with E-state index in [1.807, 2.05) is 42.1 Å². The summed E-state index contributed by atoms with van der Waals surface area (Å²) >= 11 is 7.64.